The largest absolute Gasteiger partial charge is 0.481 e. The predicted molar refractivity (Wildman–Crippen MR) is 207 cm³/mol. The molecule has 2 aliphatic carbocycles. The molecule has 1 saturated carbocycles. The smallest absolute Gasteiger partial charge is 0.310 e. The van der Waals surface area contributed by atoms with Gasteiger partial charge in [0.1, 0.15) is 0 Å². The van der Waals surface area contributed by atoms with Crippen LogP contribution in [0.3, 0.4) is 0 Å². The zero-order valence-electron chi connectivity index (χ0n) is 31.5. The summed E-state index contributed by atoms with van der Waals surface area (Å²) in [5.41, 5.74) is 11.3. The number of aliphatic imine (C=N–C) groups is 2. The molecule has 2 fully saturated rings. The van der Waals surface area contributed by atoms with Gasteiger partial charge in [-0.25, -0.2) is 9.98 Å². The van der Waals surface area contributed by atoms with Crippen molar-refractivity contribution in [1.29, 1.82) is 0 Å². The molecule has 1 aromatic heterocycles. The number of primary amides is 1. The SMILES string of the molecule is CC(C)(C)c1ccc(C(N)=O)cn1.CCCC1CCC(C2CC=C(C3=CN=C(c4ccc(CCC(=O)N5CC(C(=O)O)C5)cc4)N=CC3)CC2)CC1. The molecule has 3 heterocycles. The van der Waals surface area contributed by atoms with Gasteiger partial charge in [-0.2, -0.15) is 0 Å². The van der Waals surface area contributed by atoms with Gasteiger partial charge in [-0.1, -0.05) is 83.7 Å². The van der Waals surface area contributed by atoms with Crippen LogP contribution >= 0.6 is 0 Å². The number of carboxylic acid groups (broad SMARTS) is 1. The molecule has 2 amide bonds. The third-order valence-corrected chi connectivity index (χ3v) is 11.2. The Hall–Kier alpha value is -4.40. The third-order valence-electron chi connectivity index (χ3n) is 11.2. The first-order valence-electron chi connectivity index (χ1n) is 19.3. The van der Waals surface area contributed by atoms with Crippen LogP contribution in [0.2, 0.25) is 0 Å². The van der Waals surface area contributed by atoms with Gasteiger partial charge < -0.3 is 15.7 Å². The number of carbonyl (C=O) groups is 3. The Bertz CT molecular complexity index is 1670. The monoisotopic (exact) mass is 707 g/mol. The number of hydrogen-bond donors (Lipinski definition) is 2. The Morgan fingerprint density at radius 2 is 1.67 bits per heavy atom. The summed E-state index contributed by atoms with van der Waals surface area (Å²) < 4.78 is 0. The standard InChI is InChI=1S/C33H43N3O3.C10H14N2O/c1-2-3-23-4-9-25(10-5-23)26-13-15-27(16-14-26)29-18-19-34-32(35-20-29)28-11-6-24(7-12-28)8-17-31(37)36-21-30(22-36)33(38)39;1-10(2,3)8-5-4-7(6-12-8)9(11)13/h6-7,11-12,15,19-20,23,25-26,30H,2-5,8-10,13-14,16-18,21-22H2,1H3,(H,38,39);4-6H,1-3H3,(H2,11,13). The van der Waals surface area contributed by atoms with E-state index in [0.717, 1.165) is 53.3 Å². The second-order valence-corrected chi connectivity index (χ2v) is 16.0. The van der Waals surface area contributed by atoms with Gasteiger partial charge in [-0.15, -0.1) is 0 Å². The number of aryl methyl sites for hydroxylation is 1. The summed E-state index contributed by atoms with van der Waals surface area (Å²) in [6, 6.07) is 11.7. The van der Waals surface area contributed by atoms with E-state index in [2.05, 4.69) is 43.7 Å². The third kappa shape index (κ3) is 10.6. The van der Waals surface area contributed by atoms with E-state index in [1.807, 2.05) is 42.7 Å². The lowest BCUT2D eigenvalue weighted by Crippen LogP contribution is -2.53. The Balaban J connectivity index is 0.000000340. The maximum atomic E-state index is 12.3. The number of amides is 2. The number of carboxylic acids is 1. The van der Waals surface area contributed by atoms with Crippen molar-refractivity contribution in [3.8, 4) is 0 Å². The van der Waals surface area contributed by atoms with Crippen LogP contribution in [-0.4, -0.2) is 57.9 Å². The van der Waals surface area contributed by atoms with E-state index >= 15 is 0 Å². The fourth-order valence-corrected chi connectivity index (χ4v) is 7.80. The Morgan fingerprint density at radius 3 is 2.25 bits per heavy atom. The first kappa shape index (κ1) is 38.8. The van der Waals surface area contributed by atoms with Crippen LogP contribution in [0.1, 0.15) is 126 Å². The number of aromatic nitrogens is 1. The number of allylic oxidation sites excluding steroid dienone is 3. The molecule has 9 heteroatoms. The van der Waals surface area contributed by atoms with Crippen molar-refractivity contribution in [2.24, 2.45) is 39.4 Å². The van der Waals surface area contributed by atoms with Gasteiger partial charge in [-0.05, 0) is 85.1 Å². The van der Waals surface area contributed by atoms with Gasteiger partial charge in [-0.3, -0.25) is 19.4 Å². The fourth-order valence-electron chi connectivity index (χ4n) is 7.80. The minimum atomic E-state index is -0.820. The molecule has 52 heavy (non-hydrogen) atoms. The topological polar surface area (TPSA) is 138 Å². The lowest BCUT2D eigenvalue weighted by molar-refractivity contribution is -0.152. The first-order chi connectivity index (χ1) is 24.9. The minimum absolute atomic E-state index is 0.0101. The summed E-state index contributed by atoms with van der Waals surface area (Å²) in [6.07, 6.45) is 22.1. The molecule has 4 aliphatic rings. The van der Waals surface area contributed by atoms with Gasteiger partial charge in [0.15, 0.2) is 5.84 Å². The number of rotatable bonds is 10. The minimum Gasteiger partial charge on any atom is -0.481 e. The highest BCUT2D eigenvalue weighted by atomic mass is 16.4. The zero-order valence-corrected chi connectivity index (χ0v) is 31.5. The van der Waals surface area contributed by atoms with Crippen molar-refractivity contribution in [3.63, 3.8) is 0 Å². The van der Waals surface area contributed by atoms with Crippen LogP contribution in [-0.2, 0) is 21.4 Å². The molecule has 2 aromatic rings. The summed E-state index contributed by atoms with van der Waals surface area (Å²) in [7, 11) is 0. The van der Waals surface area contributed by atoms with Crippen molar-refractivity contribution < 1.29 is 19.5 Å². The quantitative estimate of drug-likeness (QED) is 0.257. The number of pyridine rings is 1. The van der Waals surface area contributed by atoms with E-state index in [-0.39, 0.29) is 11.3 Å². The average Bonchev–Trinajstić information content (AvgIpc) is 3.37. The van der Waals surface area contributed by atoms with Gasteiger partial charge in [0.25, 0.3) is 0 Å². The second kappa shape index (κ2) is 17.9. The van der Waals surface area contributed by atoms with Crippen LogP contribution in [0.4, 0.5) is 0 Å². The molecule has 0 radical (unpaired) electrons. The van der Waals surface area contributed by atoms with Gasteiger partial charge in [0.2, 0.25) is 11.8 Å². The highest BCUT2D eigenvalue weighted by molar-refractivity contribution is 6.04. The van der Waals surface area contributed by atoms with Crippen LogP contribution in [0.15, 0.2) is 76.0 Å². The molecule has 1 atom stereocenters. The highest BCUT2D eigenvalue weighted by Gasteiger charge is 2.35. The Labute approximate surface area is 309 Å². The van der Waals surface area contributed by atoms with E-state index in [0.29, 0.717) is 31.5 Å². The summed E-state index contributed by atoms with van der Waals surface area (Å²) in [4.78, 5) is 49.2. The Morgan fingerprint density at radius 1 is 0.942 bits per heavy atom. The maximum absolute atomic E-state index is 12.3. The number of nitrogens with two attached hydrogens (primary N) is 1. The molecule has 9 nitrogen and oxygen atoms in total. The molecule has 1 saturated heterocycles. The van der Waals surface area contributed by atoms with Gasteiger partial charge in [0.05, 0.1) is 11.5 Å². The number of amidine groups is 1. The van der Waals surface area contributed by atoms with Gasteiger partial charge in [0, 0.05) is 61.2 Å². The fraction of sp³-hybridized carbons (Fsp3) is 0.535. The number of nitrogens with zero attached hydrogens (tertiary/aromatic N) is 4. The van der Waals surface area contributed by atoms with Crippen LogP contribution in [0.5, 0.6) is 0 Å². The predicted octanol–water partition coefficient (Wildman–Crippen LogP) is 8.08. The van der Waals surface area contributed by atoms with Crippen molar-refractivity contribution in [2.45, 2.75) is 110 Å². The lowest BCUT2D eigenvalue weighted by Gasteiger charge is -2.36. The van der Waals surface area contributed by atoms with Crippen LogP contribution in [0.25, 0.3) is 0 Å². The molecule has 1 unspecified atom stereocenters. The van der Waals surface area contributed by atoms with Crippen molar-refractivity contribution in [2.75, 3.05) is 13.1 Å². The van der Waals surface area contributed by atoms with E-state index in [1.54, 1.807) is 11.0 Å². The normalized spacial score (nSPS) is 22.1. The summed E-state index contributed by atoms with van der Waals surface area (Å²) in [5, 5.41) is 8.98. The molecular weight excluding hydrogens is 651 g/mol. The number of benzene rings is 1. The van der Waals surface area contributed by atoms with Crippen molar-refractivity contribution in [1.82, 2.24) is 9.88 Å². The number of hydrogen-bond acceptors (Lipinski definition) is 6. The van der Waals surface area contributed by atoms with Crippen LogP contribution < -0.4 is 5.73 Å². The maximum Gasteiger partial charge on any atom is 0.310 e. The molecule has 6 rings (SSSR count). The van der Waals surface area contributed by atoms with Gasteiger partial charge >= 0.3 is 5.97 Å². The van der Waals surface area contributed by atoms with Crippen molar-refractivity contribution in [3.05, 3.63) is 88.4 Å². The molecule has 1 aromatic carbocycles. The summed E-state index contributed by atoms with van der Waals surface area (Å²) in [6.45, 7) is 9.19. The van der Waals surface area contributed by atoms with Crippen LogP contribution in [0, 0.1) is 23.7 Å². The average molecular weight is 708 g/mol. The summed E-state index contributed by atoms with van der Waals surface area (Å²) in [5.74, 6) is 1.85. The molecule has 278 valence electrons. The number of carbonyl (C=O) groups excluding carboxylic acids is 2. The molecule has 2 aliphatic heterocycles. The van der Waals surface area contributed by atoms with E-state index in [9.17, 15) is 14.4 Å². The van der Waals surface area contributed by atoms with E-state index < -0.39 is 17.8 Å². The first-order valence-corrected chi connectivity index (χ1v) is 19.3. The number of aliphatic carboxylic acids is 1. The molecule has 0 spiro atoms. The molecule has 3 N–H and O–H groups in total. The molecule has 0 bridgehead atoms. The lowest BCUT2D eigenvalue weighted by atomic mass is 9.70. The van der Waals surface area contributed by atoms with Crippen molar-refractivity contribution >= 4 is 29.8 Å². The van der Waals surface area contributed by atoms with E-state index in [1.165, 1.54) is 68.7 Å². The highest BCUT2D eigenvalue weighted by Crippen LogP contribution is 2.41. The number of likely N-dealkylation sites (tertiary alicyclic amines) is 1. The summed E-state index contributed by atoms with van der Waals surface area (Å²) >= 11 is 0. The Kier molecular flexibility index (Phi) is 13.4. The molecular formula is C43H57N5O4. The zero-order chi connectivity index (χ0) is 37.3. The second-order valence-electron chi connectivity index (χ2n) is 16.0. The van der Waals surface area contributed by atoms with E-state index in [4.69, 9.17) is 15.8 Å².